The number of thiocarbonyl (C=S) groups is 1. The number of halogens is 1. The van der Waals surface area contributed by atoms with Gasteiger partial charge in [-0.15, -0.1) is 0 Å². The van der Waals surface area contributed by atoms with E-state index in [1.54, 1.807) is 6.07 Å². The van der Waals surface area contributed by atoms with E-state index in [1.807, 2.05) is 24.3 Å². The quantitative estimate of drug-likeness (QED) is 0.296. The van der Waals surface area contributed by atoms with Gasteiger partial charge in [-0.1, -0.05) is 23.7 Å². The molecule has 0 spiro atoms. The molecule has 130 valence electrons. The third kappa shape index (κ3) is 6.02. The van der Waals surface area contributed by atoms with Crippen LogP contribution in [0.4, 0.5) is 11.4 Å². The van der Waals surface area contributed by atoms with Crippen LogP contribution in [-0.2, 0) is 6.42 Å². The molecule has 2 rings (SSSR count). The molecule has 0 aliphatic heterocycles. The van der Waals surface area contributed by atoms with Gasteiger partial charge in [0.05, 0.1) is 11.1 Å². The van der Waals surface area contributed by atoms with Crippen LogP contribution in [0.5, 0.6) is 0 Å². The largest absolute Gasteiger partial charge is 0.384 e. The van der Waals surface area contributed by atoms with Crippen LogP contribution < -0.4 is 16.5 Å². The average molecular weight is 378 g/mol. The fraction of sp³-hybridized carbons (Fsp3) is 0.125. The summed E-state index contributed by atoms with van der Waals surface area (Å²) in [6.07, 6.45) is 2.17. The van der Waals surface area contributed by atoms with Crippen molar-refractivity contribution in [2.24, 2.45) is 10.8 Å². The summed E-state index contributed by atoms with van der Waals surface area (Å²) in [6.45, 7) is 0.627. The number of nitro benzene ring substituents is 1. The molecule has 0 fully saturated rings. The molecule has 2 aromatic rings. The van der Waals surface area contributed by atoms with Gasteiger partial charge in [0.25, 0.3) is 5.69 Å². The summed E-state index contributed by atoms with van der Waals surface area (Å²) in [7, 11) is 0. The Morgan fingerprint density at radius 3 is 2.84 bits per heavy atom. The van der Waals surface area contributed by atoms with Crippen LogP contribution >= 0.6 is 23.8 Å². The highest BCUT2D eigenvalue weighted by molar-refractivity contribution is 7.80. The third-order valence-corrected chi connectivity index (χ3v) is 3.57. The van der Waals surface area contributed by atoms with E-state index < -0.39 is 4.92 Å². The lowest BCUT2D eigenvalue weighted by molar-refractivity contribution is -0.384. The molecule has 0 amide bonds. The second kappa shape index (κ2) is 8.95. The van der Waals surface area contributed by atoms with E-state index in [0.29, 0.717) is 22.8 Å². The lowest BCUT2D eigenvalue weighted by atomic mass is 10.1. The Morgan fingerprint density at radius 2 is 2.16 bits per heavy atom. The smallest absolute Gasteiger partial charge is 0.270 e. The monoisotopic (exact) mass is 377 g/mol. The van der Waals surface area contributed by atoms with Gasteiger partial charge in [-0.3, -0.25) is 15.5 Å². The van der Waals surface area contributed by atoms with Crippen molar-refractivity contribution < 1.29 is 4.92 Å². The molecule has 0 bridgehead atoms. The van der Waals surface area contributed by atoms with Crippen molar-refractivity contribution >= 4 is 46.5 Å². The molecule has 0 atom stereocenters. The Labute approximate surface area is 155 Å². The molecule has 9 heteroatoms. The minimum atomic E-state index is -0.464. The Balaban J connectivity index is 2.10. The normalized spacial score (nSPS) is 10.6. The molecule has 7 nitrogen and oxygen atoms in total. The van der Waals surface area contributed by atoms with Crippen molar-refractivity contribution in [1.82, 2.24) is 5.43 Å². The summed E-state index contributed by atoms with van der Waals surface area (Å²) in [6, 6.07) is 12.1. The van der Waals surface area contributed by atoms with E-state index in [-0.39, 0.29) is 10.8 Å². The summed E-state index contributed by atoms with van der Waals surface area (Å²) in [4.78, 5) is 10.5. The molecule has 0 aliphatic carbocycles. The van der Waals surface area contributed by atoms with Crippen molar-refractivity contribution in [1.29, 1.82) is 0 Å². The number of benzene rings is 2. The van der Waals surface area contributed by atoms with E-state index in [2.05, 4.69) is 28.1 Å². The minimum Gasteiger partial charge on any atom is -0.384 e. The van der Waals surface area contributed by atoms with E-state index in [0.717, 1.165) is 12.0 Å². The molecule has 25 heavy (non-hydrogen) atoms. The van der Waals surface area contributed by atoms with Crippen molar-refractivity contribution in [2.45, 2.75) is 6.42 Å². The minimum absolute atomic E-state index is 0.0112. The van der Waals surface area contributed by atoms with Crippen LogP contribution in [0.15, 0.2) is 47.6 Å². The van der Waals surface area contributed by atoms with E-state index in [1.165, 1.54) is 18.3 Å². The number of anilines is 1. The number of nitrogens with two attached hydrogens (primary N) is 1. The standard InChI is InChI=1S/C16H16ClN5O2S/c17-13-3-1-2-11(8-13)6-7-19-15-5-4-14(22(23)24)9-12(15)10-20-21-16(18)25/h1-5,8-10,19H,6-7H2,(H3,18,21,25)/b20-10+. The summed E-state index contributed by atoms with van der Waals surface area (Å²) in [5.41, 5.74) is 10.0. The maximum atomic E-state index is 10.9. The number of non-ortho nitro benzene ring substituents is 1. The van der Waals surface area contributed by atoms with Gasteiger partial charge in [-0.25, -0.2) is 0 Å². The average Bonchev–Trinajstić information content (AvgIpc) is 2.55. The Bertz CT molecular complexity index is 813. The van der Waals surface area contributed by atoms with Crippen molar-refractivity contribution in [3.63, 3.8) is 0 Å². The predicted octanol–water partition coefficient (Wildman–Crippen LogP) is 3.07. The molecule has 0 heterocycles. The second-order valence-corrected chi connectivity index (χ2v) is 5.95. The van der Waals surface area contributed by atoms with Gasteiger partial charge in [-0.05, 0) is 42.4 Å². The molecule has 4 N–H and O–H groups in total. The molecular weight excluding hydrogens is 362 g/mol. The number of nitro groups is 1. The number of nitrogens with zero attached hydrogens (tertiary/aromatic N) is 2. The summed E-state index contributed by atoms with van der Waals surface area (Å²) in [5, 5.41) is 18.7. The SMILES string of the molecule is NC(=S)N/N=C/c1cc([N+](=O)[O-])ccc1NCCc1cccc(Cl)c1. The Kier molecular flexibility index (Phi) is 6.67. The maximum Gasteiger partial charge on any atom is 0.270 e. The highest BCUT2D eigenvalue weighted by atomic mass is 35.5. The van der Waals surface area contributed by atoms with Crippen LogP contribution in [0.25, 0.3) is 0 Å². The first-order valence-corrected chi connectivity index (χ1v) is 8.09. The number of rotatable bonds is 7. The zero-order valence-corrected chi connectivity index (χ0v) is 14.7. The van der Waals surface area contributed by atoms with Crippen molar-refractivity contribution in [3.8, 4) is 0 Å². The zero-order chi connectivity index (χ0) is 18.2. The number of hydrogen-bond donors (Lipinski definition) is 3. The molecule has 0 saturated heterocycles. The van der Waals surface area contributed by atoms with Gasteiger partial charge in [0.2, 0.25) is 0 Å². The Morgan fingerprint density at radius 1 is 1.36 bits per heavy atom. The van der Waals surface area contributed by atoms with Gasteiger partial charge in [0.1, 0.15) is 0 Å². The van der Waals surface area contributed by atoms with Crippen LogP contribution in [-0.4, -0.2) is 22.8 Å². The number of hydrazone groups is 1. The summed E-state index contributed by atoms with van der Waals surface area (Å²) in [5.74, 6) is 0. The first kappa shape index (κ1) is 18.6. The first-order chi connectivity index (χ1) is 12.0. The molecule has 0 aromatic heterocycles. The molecule has 0 aliphatic rings. The van der Waals surface area contributed by atoms with Gasteiger partial charge in [-0.2, -0.15) is 5.10 Å². The molecule has 2 aromatic carbocycles. The Hall–Kier alpha value is -2.71. The van der Waals surface area contributed by atoms with Gasteiger partial charge in [0, 0.05) is 35.0 Å². The predicted molar refractivity (Wildman–Crippen MR) is 104 cm³/mol. The third-order valence-electron chi connectivity index (χ3n) is 3.24. The van der Waals surface area contributed by atoms with Crippen LogP contribution in [0, 0.1) is 10.1 Å². The fourth-order valence-electron chi connectivity index (χ4n) is 2.13. The highest BCUT2D eigenvalue weighted by Crippen LogP contribution is 2.21. The maximum absolute atomic E-state index is 10.9. The van der Waals surface area contributed by atoms with Crippen LogP contribution in [0.1, 0.15) is 11.1 Å². The van der Waals surface area contributed by atoms with E-state index in [9.17, 15) is 10.1 Å². The number of hydrogen-bond acceptors (Lipinski definition) is 5. The topological polar surface area (TPSA) is 106 Å². The van der Waals surface area contributed by atoms with Crippen molar-refractivity contribution in [2.75, 3.05) is 11.9 Å². The highest BCUT2D eigenvalue weighted by Gasteiger charge is 2.09. The van der Waals surface area contributed by atoms with Gasteiger partial charge >= 0.3 is 0 Å². The molecule has 0 unspecified atom stereocenters. The van der Waals surface area contributed by atoms with Crippen LogP contribution in [0.3, 0.4) is 0 Å². The van der Waals surface area contributed by atoms with E-state index >= 15 is 0 Å². The van der Waals surface area contributed by atoms with Crippen LogP contribution in [0.2, 0.25) is 5.02 Å². The van der Waals surface area contributed by atoms with Crippen molar-refractivity contribution in [3.05, 3.63) is 68.7 Å². The van der Waals surface area contributed by atoms with Gasteiger partial charge in [0.15, 0.2) is 5.11 Å². The lowest BCUT2D eigenvalue weighted by Gasteiger charge is -2.10. The molecule has 0 radical (unpaired) electrons. The second-order valence-electron chi connectivity index (χ2n) is 5.07. The number of nitrogens with one attached hydrogen (secondary N) is 2. The fourth-order valence-corrected chi connectivity index (χ4v) is 2.40. The zero-order valence-electron chi connectivity index (χ0n) is 13.1. The summed E-state index contributed by atoms with van der Waals surface area (Å²) < 4.78 is 0. The molecule has 0 saturated carbocycles. The summed E-state index contributed by atoms with van der Waals surface area (Å²) >= 11 is 10.6. The van der Waals surface area contributed by atoms with E-state index in [4.69, 9.17) is 17.3 Å². The lowest BCUT2D eigenvalue weighted by Crippen LogP contribution is -2.24. The van der Waals surface area contributed by atoms with Gasteiger partial charge < -0.3 is 11.1 Å². The molecular formula is C16H16ClN5O2S. The first-order valence-electron chi connectivity index (χ1n) is 7.31.